The summed E-state index contributed by atoms with van der Waals surface area (Å²) >= 11 is 0. The third-order valence-electron chi connectivity index (χ3n) is 3.72. The number of hydrogen-bond donors (Lipinski definition) is 1. The Morgan fingerprint density at radius 2 is 1.94 bits per heavy atom. The van der Waals surface area contributed by atoms with E-state index in [4.69, 9.17) is 10.5 Å². The summed E-state index contributed by atoms with van der Waals surface area (Å²) in [5.74, 6) is 1.52. The lowest BCUT2D eigenvalue weighted by molar-refractivity contribution is 0.303. The first kappa shape index (κ1) is 13.4. The smallest absolute Gasteiger partial charge is 0.119 e. The van der Waals surface area contributed by atoms with Crippen LogP contribution in [0.3, 0.4) is 0 Å². The Morgan fingerprint density at radius 3 is 2.50 bits per heavy atom. The Bertz CT molecular complexity index is 356. The van der Waals surface area contributed by atoms with E-state index in [0.29, 0.717) is 12.0 Å². The molecule has 0 saturated heterocycles. The molecular weight excluding hydrogens is 222 g/mol. The molecule has 2 heteroatoms. The van der Waals surface area contributed by atoms with Crippen molar-refractivity contribution in [1.29, 1.82) is 0 Å². The summed E-state index contributed by atoms with van der Waals surface area (Å²) in [6, 6.07) is 8.49. The summed E-state index contributed by atoms with van der Waals surface area (Å²) < 4.78 is 5.74. The van der Waals surface area contributed by atoms with Gasteiger partial charge in [0.25, 0.3) is 0 Å². The predicted molar refractivity (Wildman–Crippen MR) is 75.7 cm³/mol. The number of hydrogen-bond acceptors (Lipinski definition) is 2. The lowest BCUT2D eigenvalue weighted by atomic mass is 9.91. The Morgan fingerprint density at radius 1 is 1.28 bits per heavy atom. The number of ether oxygens (including phenoxy) is 1. The van der Waals surface area contributed by atoms with Crippen LogP contribution >= 0.6 is 0 Å². The van der Waals surface area contributed by atoms with Crippen LogP contribution in [-0.2, 0) is 0 Å². The van der Waals surface area contributed by atoms with Gasteiger partial charge in [0, 0.05) is 6.04 Å². The summed E-state index contributed by atoms with van der Waals surface area (Å²) in [5.41, 5.74) is 7.53. The highest BCUT2D eigenvalue weighted by Gasteiger charge is 2.23. The molecule has 1 saturated carbocycles. The van der Waals surface area contributed by atoms with Crippen LogP contribution in [0.2, 0.25) is 0 Å². The molecule has 1 aliphatic rings. The van der Waals surface area contributed by atoms with Gasteiger partial charge in [0.05, 0.1) is 6.10 Å². The zero-order valence-electron chi connectivity index (χ0n) is 11.6. The highest BCUT2D eigenvalue weighted by atomic mass is 16.5. The minimum Gasteiger partial charge on any atom is -0.490 e. The average Bonchev–Trinajstić information content (AvgIpc) is 3.20. The van der Waals surface area contributed by atoms with Gasteiger partial charge in [-0.3, -0.25) is 0 Å². The van der Waals surface area contributed by atoms with Crippen molar-refractivity contribution in [2.75, 3.05) is 0 Å². The highest BCUT2D eigenvalue weighted by Crippen LogP contribution is 2.29. The fourth-order valence-corrected chi connectivity index (χ4v) is 2.18. The van der Waals surface area contributed by atoms with Crippen molar-refractivity contribution in [1.82, 2.24) is 0 Å². The molecule has 1 fully saturated rings. The van der Waals surface area contributed by atoms with Gasteiger partial charge >= 0.3 is 0 Å². The van der Waals surface area contributed by atoms with E-state index in [1.807, 2.05) is 0 Å². The Balaban J connectivity index is 1.90. The average molecular weight is 247 g/mol. The molecule has 18 heavy (non-hydrogen) atoms. The van der Waals surface area contributed by atoms with E-state index >= 15 is 0 Å². The van der Waals surface area contributed by atoms with E-state index in [-0.39, 0.29) is 6.04 Å². The Hall–Kier alpha value is -1.02. The van der Waals surface area contributed by atoms with Crippen LogP contribution in [0.1, 0.15) is 57.6 Å². The molecule has 0 amide bonds. The van der Waals surface area contributed by atoms with Crippen LogP contribution in [0.25, 0.3) is 0 Å². The van der Waals surface area contributed by atoms with Gasteiger partial charge in [0.2, 0.25) is 0 Å². The lowest BCUT2D eigenvalue weighted by Crippen LogP contribution is -2.19. The summed E-state index contributed by atoms with van der Waals surface area (Å²) in [6.07, 6.45) is 6.58. The monoisotopic (exact) mass is 247 g/mol. The van der Waals surface area contributed by atoms with Crippen molar-refractivity contribution in [2.24, 2.45) is 11.7 Å². The molecule has 2 unspecified atom stereocenters. The molecule has 0 bridgehead atoms. The standard InChI is InChI=1S/C16H25NO/c1-3-4-5-12(2)16(17)13-6-8-14(9-7-13)18-15-10-11-15/h6-9,12,15-16H,3-5,10-11,17H2,1-2H3. The number of unbranched alkanes of at least 4 members (excludes halogenated alkanes) is 1. The van der Waals surface area contributed by atoms with Gasteiger partial charge in [-0.2, -0.15) is 0 Å². The number of benzene rings is 1. The maximum atomic E-state index is 6.30. The molecular formula is C16H25NO. The first-order chi connectivity index (χ1) is 8.70. The molecule has 0 heterocycles. The number of rotatable bonds is 7. The quantitative estimate of drug-likeness (QED) is 0.788. The molecule has 1 aromatic rings. The fraction of sp³-hybridized carbons (Fsp3) is 0.625. The summed E-state index contributed by atoms with van der Waals surface area (Å²) in [7, 11) is 0. The minimum atomic E-state index is 0.145. The molecule has 0 spiro atoms. The first-order valence-electron chi connectivity index (χ1n) is 7.23. The van der Waals surface area contributed by atoms with Crippen LogP contribution in [0.4, 0.5) is 0 Å². The molecule has 0 aromatic heterocycles. The maximum absolute atomic E-state index is 6.30. The third kappa shape index (κ3) is 3.74. The van der Waals surface area contributed by atoms with Crippen LogP contribution in [-0.4, -0.2) is 6.10 Å². The molecule has 1 aliphatic carbocycles. The predicted octanol–water partition coefficient (Wildman–Crippen LogP) is 4.05. The van der Waals surface area contributed by atoms with E-state index < -0.39 is 0 Å². The van der Waals surface area contributed by atoms with Crippen molar-refractivity contribution < 1.29 is 4.74 Å². The van der Waals surface area contributed by atoms with Crippen molar-refractivity contribution in [3.8, 4) is 5.75 Å². The van der Waals surface area contributed by atoms with E-state index in [1.165, 1.54) is 37.7 Å². The van der Waals surface area contributed by atoms with Gasteiger partial charge < -0.3 is 10.5 Å². The molecule has 2 nitrogen and oxygen atoms in total. The van der Waals surface area contributed by atoms with Crippen molar-refractivity contribution in [3.05, 3.63) is 29.8 Å². The second-order valence-electron chi connectivity index (χ2n) is 5.53. The summed E-state index contributed by atoms with van der Waals surface area (Å²) in [6.45, 7) is 4.47. The molecule has 2 rings (SSSR count). The van der Waals surface area contributed by atoms with E-state index in [9.17, 15) is 0 Å². The Labute approximate surface area is 111 Å². The number of nitrogens with two attached hydrogens (primary N) is 1. The summed E-state index contributed by atoms with van der Waals surface area (Å²) in [4.78, 5) is 0. The van der Waals surface area contributed by atoms with Gasteiger partial charge in [-0.25, -0.2) is 0 Å². The van der Waals surface area contributed by atoms with Gasteiger partial charge in [-0.05, 0) is 42.9 Å². The van der Waals surface area contributed by atoms with Gasteiger partial charge in [0.15, 0.2) is 0 Å². The molecule has 100 valence electrons. The fourth-order valence-electron chi connectivity index (χ4n) is 2.18. The second-order valence-corrected chi connectivity index (χ2v) is 5.53. The van der Waals surface area contributed by atoms with Crippen LogP contribution in [0.15, 0.2) is 24.3 Å². The Kier molecular flexibility index (Phi) is 4.65. The second kappa shape index (κ2) is 6.24. The van der Waals surface area contributed by atoms with Crippen LogP contribution in [0.5, 0.6) is 5.75 Å². The van der Waals surface area contributed by atoms with Crippen molar-refractivity contribution in [2.45, 2.75) is 58.1 Å². The van der Waals surface area contributed by atoms with Crippen molar-refractivity contribution in [3.63, 3.8) is 0 Å². The topological polar surface area (TPSA) is 35.2 Å². The van der Waals surface area contributed by atoms with Gasteiger partial charge in [-0.1, -0.05) is 38.8 Å². The SMILES string of the molecule is CCCCC(C)C(N)c1ccc(OC2CC2)cc1. The van der Waals surface area contributed by atoms with E-state index in [0.717, 1.165) is 5.75 Å². The van der Waals surface area contributed by atoms with Gasteiger partial charge in [0.1, 0.15) is 5.75 Å². The minimum absolute atomic E-state index is 0.145. The zero-order valence-corrected chi connectivity index (χ0v) is 11.6. The maximum Gasteiger partial charge on any atom is 0.119 e. The molecule has 2 atom stereocenters. The summed E-state index contributed by atoms with van der Waals surface area (Å²) in [5, 5.41) is 0. The highest BCUT2D eigenvalue weighted by molar-refractivity contribution is 5.29. The van der Waals surface area contributed by atoms with Crippen LogP contribution < -0.4 is 10.5 Å². The molecule has 0 radical (unpaired) electrons. The largest absolute Gasteiger partial charge is 0.490 e. The normalized spacial score (nSPS) is 18.4. The molecule has 2 N–H and O–H groups in total. The lowest BCUT2D eigenvalue weighted by Gasteiger charge is -2.20. The van der Waals surface area contributed by atoms with E-state index in [2.05, 4.69) is 38.1 Å². The zero-order chi connectivity index (χ0) is 13.0. The molecule has 1 aromatic carbocycles. The van der Waals surface area contributed by atoms with E-state index in [1.54, 1.807) is 0 Å². The first-order valence-corrected chi connectivity index (χ1v) is 7.23. The van der Waals surface area contributed by atoms with Gasteiger partial charge in [-0.15, -0.1) is 0 Å². The molecule has 0 aliphatic heterocycles. The van der Waals surface area contributed by atoms with Crippen LogP contribution in [0, 0.1) is 5.92 Å². The third-order valence-corrected chi connectivity index (χ3v) is 3.72. The van der Waals surface area contributed by atoms with Crippen molar-refractivity contribution >= 4 is 0 Å².